The van der Waals surface area contributed by atoms with Crippen molar-refractivity contribution in [3.8, 4) is 0 Å². The van der Waals surface area contributed by atoms with Gasteiger partial charge in [-0.3, -0.25) is 10.1 Å². The fourth-order valence-electron chi connectivity index (χ4n) is 2.08. The Hall–Kier alpha value is -1.51. The minimum atomic E-state index is -3.63. The molecule has 0 radical (unpaired) electrons. The summed E-state index contributed by atoms with van der Waals surface area (Å²) in [6, 6.07) is 4.89. The number of sulfonamides is 1. The van der Waals surface area contributed by atoms with E-state index >= 15 is 0 Å². The van der Waals surface area contributed by atoms with Gasteiger partial charge in [0.2, 0.25) is 10.0 Å². The third-order valence-corrected chi connectivity index (χ3v) is 5.52. The van der Waals surface area contributed by atoms with Crippen LogP contribution in [0.5, 0.6) is 0 Å². The zero-order valence-electron chi connectivity index (χ0n) is 11.2. The van der Waals surface area contributed by atoms with Gasteiger partial charge in [0, 0.05) is 25.7 Å². The van der Waals surface area contributed by atoms with E-state index in [9.17, 15) is 18.5 Å². The Balaban J connectivity index is 2.19. The fourth-order valence-corrected chi connectivity index (χ4v) is 3.36. The predicted molar refractivity (Wildman–Crippen MR) is 73.6 cm³/mol. The summed E-state index contributed by atoms with van der Waals surface area (Å²) in [5.41, 5.74) is 5.43. The van der Waals surface area contributed by atoms with Gasteiger partial charge in [-0.1, -0.05) is 0 Å². The topological polar surface area (TPSA) is 107 Å². The van der Waals surface area contributed by atoms with Gasteiger partial charge < -0.3 is 5.73 Å². The summed E-state index contributed by atoms with van der Waals surface area (Å²) in [5.74, 6) is 0. The second-order valence-electron chi connectivity index (χ2n) is 5.22. The molecule has 0 aliphatic heterocycles. The van der Waals surface area contributed by atoms with Crippen LogP contribution < -0.4 is 5.73 Å². The Morgan fingerprint density at radius 3 is 2.30 bits per heavy atom. The van der Waals surface area contributed by atoms with Gasteiger partial charge in [0.15, 0.2) is 0 Å². The van der Waals surface area contributed by atoms with E-state index in [4.69, 9.17) is 5.73 Å². The number of rotatable bonds is 6. The van der Waals surface area contributed by atoms with Gasteiger partial charge in [0.1, 0.15) is 0 Å². The Morgan fingerprint density at radius 1 is 1.35 bits per heavy atom. The van der Waals surface area contributed by atoms with Gasteiger partial charge in [0.05, 0.1) is 9.82 Å². The van der Waals surface area contributed by atoms with Gasteiger partial charge in [-0.25, -0.2) is 12.7 Å². The first kappa shape index (κ1) is 14.9. The van der Waals surface area contributed by atoms with Crippen LogP contribution in [0.25, 0.3) is 0 Å². The average Bonchev–Trinajstić information content (AvgIpc) is 3.19. The minimum Gasteiger partial charge on any atom is -0.330 e. The molecule has 0 heterocycles. The summed E-state index contributed by atoms with van der Waals surface area (Å²) in [7, 11) is -2.12. The summed E-state index contributed by atoms with van der Waals surface area (Å²) in [6.07, 6.45) is 1.87. The first-order chi connectivity index (χ1) is 9.31. The number of nitrogens with zero attached hydrogens (tertiary/aromatic N) is 2. The molecule has 110 valence electrons. The van der Waals surface area contributed by atoms with Crippen LogP contribution in [0.1, 0.15) is 12.8 Å². The summed E-state index contributed by atoms with van der Waals surface area (Å²) in [5, 5.41) is 10.6. The average molecular weight is 299 g/mol. The highest BCUT2D eigenvalue weighted by molar-refractivity contribution is 7.89. The number of nitro groups is 1. The largest absolute Gasteiger partial charge is 0.330 e. The molecule has 0 saturated heterocycles. The fraction of sp³-hybridized carbons (Fsp3) is 0.500. The number of hydrogen-bond acceptors (Lipinski definition) is 5. The number of hydrogen-bond donors (Lipinski definition) is 1. The predicted octanol–water partition coefficient (Wildman–Crippen LogP) is 0.954. The molecule has 0 amide bonds. The lowest BCUT2D eigenvalue weighted by Gasteiger charge is -2.22. The van der Waals surface area contributed by atoms with E-state index in [0.717, 1.165) is 12.8 Å². The van der Waals surface area contributed by atoms with Gasteiger partial charge >= 0.3 is 0 Å². The van der Waals surface area contributed by atoms with Crippen molar-refractivity contribution in [1.29, 1.82) is 0 Å². The summed E-state index contributed by atoms with van der Waals surface area (Å²) in [4.78, 5) is 10.1. The molecule has 1 aliphatic rings. The van der Waals surface area contributed by atoms with Gasteiger partial charge in [-0.05, 0) is 36.9 Å². The Morgan fingerprint density at radius 2 is 1.90 bits per heavy atom. The highest BCUT2D eigenvalue weighted by Gasteiger charge is 2.44. The maximum Gasteiger partial charge on any atom is 0.269 e. The molecule has 2 rings (SSSR count). The molecule has 1 aromatic rings. The Kier molecular flexibility index (Phi) is 3.81. The van der Waals surface area contributed by atoms with Crippen LogP contribution in [0.3, 0.4) is 0 Å². The van der Waals surface area contributed by atoms with Gasteiger partial charge in [0.25, 0.3) is 5.69 Å². The summed E-state index contributed by atoms with van der Waals surface area (Å²) >= 11 is 0. The van der Waals surface area contributed by atoms with Crippen LogP contribution in [0.4, 0.5) is 5.69 Å². The third kappa shape index (κ3) is 2.82. The van der Waals surface area contributed by atoms with Crippen molar-refractivity contribution in [1.82, 2.24) is 4.31 Å². The summed E-state index contributed by atoms with van der Waals surface area (Å²) in [6.45, 7) is 0.843. The molecule has 0 aromatic heterocycles. The zero-order chi connectivity index (χ0) is 15.0. The quantitative estimate of drug-likeness (QED) is 0.622. The standard InChI is InChI=1S/C12H17N3O4S/c1-14(9-12(8-13)6-7-12)20(18,19)11-4-2-10(3-5-11)15(16)17/h2-5H,6-9,13H2,1H3. The normalized spacial score (nSPS) is 17.1. The second-order valence-corrected chi connectivity index (χ2v) is 7.26. The molecule has 1 aromatic carbocycles. The first-order valence-corrected chi connectivity index (χ1v) is 7.66. The first-order valence-electron chi connectivity index (χ1n) is 6.22. The van der Waals surface area contributed by atoms with E-state index in [1.807, 2.05) is 0 Å². The van der Waals surface area contributed by atoms with Crippen LogP contribution >= 0.6 is 0 Å². The molecule has 0 spiro atoms. The molecule has 20 heavy (non-hydrogen) atoms. The van der Waals surface area contributed by atoms with Crippen molar-refractivity contribution in [2.75, 3.05) is 20.1 Å². The molecule has 1 saturated carbocycles. The van der Waals surface area contributed by atoms with Crippen LogP contribution in [-0.4, -0.2) is 37.8 Å². The molecule has 1 aliphatic carbocycles. The SMILES string of the molecule is CN(CC1(CN)CC1)S(=O)(=O)c1ccc([N+](=O)[O-])cc1. The van der Waals surface area contributed by atoms with Crippen molar-refractivity contribution >= 4 is 15.7 Å². The van der Waals surface area contributed by atoms with Crippen molar-refractivity contribution < 1.29 is 13.3 Å². The van der Waals surface area contributed by atoms with Crippen molar-refractivity contribution in [3.05, 3.63) is 34.4 Å². The van der Waals surface area contributed by atoms with Gasteiger partial charge in [-0.15, -0.1) is 0 Å². The van der Waals surface area contributed by atoms with E-state index < -0.39 is 14.9 Å². The molecule has 0 unspecified atom stereocenters. The monoisotopic (exact) mass is 299 g/mol. The van der Waals surface area contributed by atoms with E-state index in [2.05, 4.69) is 0 Å². The highest BCUT2D eigenvalue weighted by Crippen LogP contribution is 2.45. The minimum absolute atomic E-state index is 0.0541. The van der Waals surface area contributed by atoms with E-state index in [1.165, 1.54) is 35.6 Å². The number of nitro benzene ring substituents is 1. The third-order valence-electron chi connectivity index (χ3n) is 3.70. The van der Waals surface area contributed by atoms with Crippen LogP contribution in [-0.2, 0) is 10.0 Å². The van der Waals surface area contributed by atoms with Crippen molar-refractivity contribution in [3.63, 3.8) is 0 Å². The maximum absolute atomic E-state index is 12.3. The summed E-state index contributed by atoms with van der Waals surface area (Å²) < 4.78 is 26.0. The molecular formula is C12H17N3O4S. The number of non-ortho nitro benzene ring substituents is 1. The van der Waals surface area contributed by atoms with Crippen molar-refractivity contribution in [2.45, 2.75) is 17.7 Å². The second kappa shape index (κ2) is 5.12. The molecule has 0 atom stereocenters. The van der Waals surface area contributed by atoms with Crippen LogP contribution in [0.2, 0.25) is 0 Å². The number of benzene rings is 1. The van der Waals surface area contributed by atoms with Crippen LogP contribution in [0, 0.1) is 15.5 Å². The zero-order valence-corrected chi connectivity index (χ0v) is 12.0. The van der Waals surface area contributed by atoms with Crippen molar-refractivity contribution in [2.24, 2.45) is 11.1 Å². The van der Waals surface area contributed by atoms with E-state index in [-0.39, 0.29) is 16.0 Å². The van der Waals surface area contributed by atoms with E-state index in [1.54, 1.807) is 0 Å². The molecule has 7 nitrogen and oxygen atoms in total. The molecular weight excluding hydrogens is 282 g/mol. The molecule has 1 fully saturated rings. The molecule has 0 bridgehead atoms. The number of nitrogens with two attached hydrogens (primary N) is 1. The van der Waals surface area contributed by atoms with E-state index in [0.29, 0.717) is 13.1 Å². The smallest absolute Gasteiger partial charge is 0.269 e. The lowest BCUT2D eigenvalue weighted by Crippen LogP contribution is -2.35. The Bertz CT molecular complexity index is 608. The molecule has 2 N–H and O–H groups in total. The lowest BCUT2D eigenvalue weighted by molar-refractivity contribution is -0.384. The van der Waals surface area contributed by atoms with Crippen LogP contribution in [0.15, 0.2) is 29.2 Å². The lowest BCUT2D eigenvalue weighted by atomic mass is 10.1. The highest BCUT2D eigenvalue weighted by atomic mass is 32.2. The molecule has 8 heteroatoms. The van der Waals surface area contributed by atoms with Gasteiger partial charge in [-0.2, -0.15) is 0 Å². The Labute approximate surface area is 117 Å². The maximum atomic E-state index is 12.3.